The van der Waals surface area contributed by atoms with Crippen molar-refractivity contribution < 1.29 is 22.7 Å². The van der Waals surface area contributed by atoms with E-state index in [4.69, 9.17) is 4.74 Å². The summed E-state index contributed by atoms with van der Waals surface area (Å²) >= 11 is 0. The fraction of sp³-hybridized carbons (Fsp3) is 0.300. The number of rotatable bonds is 8. The SMILES string of the molecule is COc1ccc(C)cc1NC(=O)CNC(=O)c1cccc(S(=O)(=O)NC2CC2)c1. The van der Waals surface area contributed by atoms with Gasteiger partial charge < -0.3 is 15.4 Å². The summed E-state index contributed by atoms with van der Waals surface area (Å²) < 4.78 is 32.4. The lowest BCUT2D eigenvalue weighted by Crippen LogP contribution is -2.33. The molecular formula is C20H23N3O5S. The van der Waals surface area contributed by atoms with Gasteiger partial charge in [0.05, 0.1) is 24.2 Å². The van der Waals surface area contributed by atoms with Crippen LogP contribution in [0.25, 0.3) is 0 Å². The first-order valence-corrected chi connectivity index (χ1v) is 10.6. The van der Waals surface area contributed by atoms with Crippen LogP contribution in [0.4, 0.5) is 5.69 Å². The highest BCUT2D eigenvalue weighted by atomic mass is 32.2. The molecular weight excluding hydrogens is 394 g/mol. The van der Waals surface area contributed by atoms with Crippen LogP contribution in [0.5, 0.6) is 5.75 Å². The number of sulfonamides is 1. The largest absolute Gasteiger partial charge is 0.495 e. The van der Waals surface area contributed by atoms with E-state index in [9.17, 15) is 18.0 Å². The number of anilines is 1. The van der Waals surface area contributed by atoms with Crippen molar-refractivity contribution >= 4 is 27.5 Å². The Morgan fingerprint density at radius 1 is 1.14 bits per heavy atom. The van der Waals surface area contributed by atoms with Crippen molar-refractivity contribution in [2.75, 3.05) is 19.0 Å². The first kappa shape index (κ1) is 20.8. The quantitative estimate of drug-likeness (QED) is 0.606. The maximum Gasteiger partial charge on any atom is 0.251 e. The highest BCUT2D eigenvalue weighted by Crippen LogP contribution is 2.25. The topological polar surface area (TPSA) is 114 Å². The second-order valence-corrected chi connectivity index (χ2v) is 8.57. The lowest BCUT2D eigenvalue weighted by atomic mass is 10.2. The molecule has 3 N–H and O–H groups in total. The monoisotopic (exact) mass is 417 g/mol. The van der Waals surface area contributed by atoms with Gasteiger partial charge in [-0.1, -0.05) is 12.1 Å². The summed E-state index contributed by atoms with van der Waals surface area (Å²) in [5, 5.41) is 5.18. The number of carbonyl (C=O) groups excluding carboxylic acids is 2. The van der Waals surface area contributed by atoms with Crippen LogP contribution in [0.3, 0.4) is 0 Å². The number of methoxy groups -OCH3 is 1. The Balaban J connectivity index is 1.61. The van der Waals surface area contributed by atoms with E-state index in [1.807, 2.05) is 13.0 Å². The zero-order valence-electron chi connectivity index (χ0n) is 16.2. The molecule has 0 aliphatic heterocycles. The summed E-state index contributed by atoms with van der Waals surface area (Å²) in [6.45, 7) is 1.61. The van der Waals surface area contributed by atoms with E-state index in [0.717, 1.165) is 18.4 Å². The smallest absolute Gasteiger partial charge is 0.251 e. The van der Waals surface area contributed by atoms with Gasteiger partial charge >= 0.3 is 0 Å². The molecule has 0 bridgehead atoms. The zero-order valence-corrected chi connectivity index (χ0v) is 17.0. The van der Waals surface area contributed by atoms with Gasteiger partial charge in [0.1, 0.15) is 5.75 Å². The molecule has 0 unspecified atom stereocenters. The van der Waals surface area contributed by atoms with Crippen LogP contribution in [-0.2, 0) is 14.8 Å². The lowest BCUT2D eigenvalue weighted by Gasteiger charge is -2.12. The Kier molecular flexibility index (Phi) is 6.19. The number of hydrogen-bond donors (Lipinski definition) is 3. The fourth-order valence-corrected chi connectivity index (χ4v) is 4.02. The molecule has 8 nitrogen and oxygen atoms in total. The minimum Gasteiger partial charge on any atom is -0.495 e. The molecule has 0 aromatic heterocycles. The van der Waals surface area contributed by atoms with E-state index in [2.05, 4.69) is 15.4 Å². The van der Waals surface area contributed by atoms with Crippen molar-refractivity contribution in [3.63, 3.8) is 0 Å². The Hall–Kier alpha value is -2.91. The van der Waals surface area contributed by atoms with Gasteiger partial charge in [0.25, 0.3) is 5.91 Å². The molecule has 1 saturated carbocycles. The van der Waals surface area contributed by atoms with Gasteiger partial charge in [0.15, 0.2) is 0 Å². The van der Waals surface area contributed by atoms with Crippen molar-refractivity contribution in [1.29, 1.82) is 0 Å². The molecule has 0 radical (unpaired) electrons. The molecule has 29 heavy (non-hydrogen) atoms. The molecule has 0 spiro atoms. The molecule has 9 heteroatoms. The number of carbonyl (C=O) groups is 2. The van der Waals surface area contributed by atoms with Crippen LogP contribution in [0.1, 0.15) is 28.8 Å². The standard InChI is InChI=1S/C20H23N3O5S/c1-13-6-9-18(28-2)17(10-13)22-19(24)12-21-20(25)14-4-3-5-16(11-14)29(26,27)23-15-7-8-15/h3-6,9-11,15,23H,7-8,12H2,1-2H3,(H,21,25)(H,22,24). The van der Waals surface area contributed by atoms with Crippen LogP contribution >= 0.6 is 0 Å². The second kappa shape index (κ2) is 8.62. The normalized spacial score (nSPS) is 13.6. The van der Waals surface area contributed by atoms with E-state index in [1.54, 1.807) is 12.1 Å². The molecule has 0 heterocycles. The van der Waals surface area contributed by atoms with Gasteiger partial charge in [-0.3, -0.25) is 9.59 Å². The van der Waals surface area contributed by atoms with Crippen LogP contribution in [0.2, 0.25) is 0 Å². The van der Waals surface area contributed by atoms with Crippen molar-refractivity contribution in [2.24, 2.45) is 0 Å². The molecule has 0 atom stereocenters. The van der Waals surface area contributed by atoms with E-state index < -0.39 is 21.8 Å². The molecule has 1 aliphatic carbocycles. The summed E-state index contributed by atoms with van der Waals surface area (Å²) in [6, 6.07) is 11.0. The van der Waals surface area contributed by atoms with Gasteiger partial charge in [-0.2, -0.15) is 0 Å². The molecule has 0 saturated heterocycles. The minimum absolute atomic E-state index is 0.0194. The lowest BCUT2D eigenvalue weighted by molar-refractivity contribution is -0.115. The number of benzene rings is 2. The fourth-order valence-electron chi connectivity index (χ4n) is 2.67. The van der Waals surface area contributed by atoms with Crippen LogP contribution in [0, 0.1) is 6.92 Å². The summed E-state index contributed by atoms with van der Waals surface area (Å²) in [5.74, 6) is -0.461. The number of amides is 2. The molecule has 154 valence electrons. The van der Waals surface area contributed by atoms with E-state index in [-0.39, 0.29) is 23.0 Å². The van der Waals surface area contributed by atoms with Crippen LogP contribution in [0.15, 0.2) is 47.4 Å². The summed E-state index contributed by atoms with van der Waals surface area (Å²) in [4.78, 5) is 24.6. The summed E-state index contributed by atoms with van der Waals surface area (Å²) in [5.41, 5.74) is 1.61. The van der Waals surface area contributed by atoms with Crippen molar-refractivity contribution in [3.8, 4) is 5.75 Å². The number of nitrogens with one attached hydrogen (secondary N) is 3. The van der Waals surface area contributed by atoms with Gasteiger partial charge in [-0.05, 0) is 55.7 Å². The van der Waals surface area contributed by atoms with Gasteiger partial charge in [-0.15, -0.1) is 0 Å². The van der Waals surface area contributed by atoms with Gasteiger partial charge in [0, 0.05) is 11.6 Å². The van der Waals surface area contributed by atoms with Crippen molar-refractivity contribution in [1.82, 2.24) is 10.0 Å². The molecule has 3 rings (SSSR count). The number of ether oxygens (including phenoxy) is 1. The number of hydrogen-bond acceptors (Lipinski definition) is 5. The third-order valence-electron chi connectivity index (χ3n) is 4.34. The van der Waals surface area contributed by atoms with E-state index >= 15 is 0 Å². The van der Waals surface area contributed by atoms with Crippen molar-refractivity contribution in [2.45, 2.75) is 30.7 Å². The minimum atomic E-state index is -3.66. The summed E-state index contributed by atoms with van der Waals surface area (Å²) in [6.07, 6.45) is 1.64. The maximum atomic E-state index is 12.4. The predicted molar refractivity (Wildman–Crippen MR) is 108 cm³/mol. The summed E-state index contributed by atoms with van der Waals surface area (Å²) in [7, 11) is -2.16. The third-order valence-corrected chi connectivity index (χ3v) is 5.86. The van der Waals surface area contributed by atoms with Crippen molar-refractivity contribution in [3.05, 3.63) is 53.6 Å². The van der Waals surface area contributed by atoms with Crippen LogP contribution < -0.4 is 20.1 Å². The van der Waals surface area contributed by atoms with Gasteiger partial charge in [-0.25, -0.2) is 13.1 Å². The number of aryl methyl sites for hydroxylation is 1. The Bertz CT molecular complexity index is 1030. The Labute approximate surface area is 169 Å². The highest BCUT2D eigenvalue weighted by Gasteiger charge is 2.28. The molecule has 1 aliphatic rings. The Morgan fingerprint density at radius 3 is 2.59 bits per heavy atom. The first-order valence-electron chi connectivity index (χ1n) is 9.13. The Morgan fingerprint density at radius 2 is 1.90 bits per heavy atom. The molecule has 1 fully saturated rings. The van der Waals surface area contributed by atoms with E-state index in [0.29, 0.717) is 11.4 Å². The molecule has 2 amide bonds. The second-order valence-electron chi connectivity index (χ2n) is 6.86. The van der Waals surface area contributed by atoms with Crippen LogP contribution in [-0.4, -0.2) is 39.9 Å². The maximum absolute atomic E-state index is 12.4. The molecule has 2 aromatic rings. The predicted octanol–water partition coefficient (Wildman–Crippen LogP) is 1.81. The molecule has 2 aromatic carbocycles. The zero-order chi connectivity index (χ0) is 21.0. The average Bonchev–Trinajstić information content (AvgIpc) is 3.50. The average molecular weight is 417 g/mol. The first-order chi connectivity index (χ1) is 13.8. The van der Waals surface area contributed by atoms with E-state index in [1.165, 1.54) is 31.4 Å². The highest BCUT2D eigenvalue weighted by molar-refractivity contribution is 7.89. The van der Waals surface area contributed by atoms with Gasteiger partial charge in [0.2, 0.25) is 15.9 Å². The third kappa shape index (κ3) is 5.55.